The summed E-state index contributed by atoms with van der Waals surface area (Å²) in [5.41, 5.74) is 0. The maximum atomic E-state index is 9.25. The highest BCUT2D eigenvalue weighted by atomic mass is 16.3. The van der Waals surface area contributed by atoms with E-state index in [-0.39, 0.29) is 13.2 Å². The molecule has 0 bridgehead atoms. The minimum Gasteiger partial charge on any atom is -0.395 e. The van der Waals surface area contributed by atoms with Crippen LogP contribution in [0, 0.1) is 0 Å². The molecule has 0 aliphatic rings. The van der Waals surface area contributed by atoms with Gasteiger partial charge in [-0.25, -0.2) is 0 Å². The first-order valence-corrected chi connectivity index (χ1v) is 5.18. The molecule has 0 aliphatic carbocycles. The van der Waals surface area contributed by atoms with E-state index in [0.717, 1.165) is 19.6 Å². The standard InChI is InChI=1S/C10H22N2O3/c1-2-3-11-4-5-12(6-7-13)8-10(15)9-14/h2,10-11,13-15H,1,3-9H2. The summed E-state index contributed by atoms with van der Waals surface area (Å²) in [5, 5.41) is 29.9. The topological polar surface area (TPSA) is 76.0 Å². The van der Waals surface area contributed by atoms with Gasteiger partial charge in [0.25, 0.3) is 0 Å². The normalized spacial score (nSPS) is 13.1. The summed E-state index contributed by atoms with van der Waals surface area (Å²) >= 11 is 0. The highest BCUT2D eigenvalue weighted by molar-refractivity contribution is 4.71. The van der Waals surface area contributed by atoms with Gasteiger partial charge in [0, 0.05) is 32.7 Å². The van der Waals surface area contributed by atoms with Crippen molar-refractivity contribution >= 4 is 0 Å². The highest BCUT2D eigenvalue weighted by Crippen LogP contribution is 1.91. The summed E-state index contributed by atoms with van der Waals surface area (Å²) in [6.07, 6.45) is 1.04. The van der Waals surface area contributed by atoms with Crippen molar-refractivity contribution in [3.8, 4) is 0 Å². The summed E-state index contributed by atoms with van der Waals surface area (Å²) in [5.74, 6) is 0. The van der Waals surface area contributed by atoms with Crippen LogP contribution < -0.4 is 5.32 Å². The molecule has 0 spiro atoms. The predicted molar refractivity (Wildman–Crippen MR) is 59.7 cm³/mol. The van der Waals surface area contributed by atoms with E-state index in [9.17, 15) is 5.11 Å². The summed E-state index contributed by atoms with van der Waals surface area (Å²) in [4.78, 5) is 1.90. The quantitative estimate of drug-likeness (QED) is 0.263. The second-order valence-corrected chi connectivity index (χ2v) is 3.35. The van der Waals surface area contributed by atoms with Crippen molar-refractivity contribution in [2.45, 2.75) is 6.10 Å². The minimum absolute atomic E-state index is 0.0552. The second-order valence-electron chi connectivity index (χ2n) is 3.35. The largest absolute Gasteiger partial charge is 0.395 e. The van der Waals surface area contributed by atoms with Crippen LogP contribution in [0.15, 0.2) is 12.7 Å². The van der Waals surface area contributed by atoms with Crippen molar-refractivity contribution in [1.82, 2.24) is 10.2 Å². The van der Waals surface area contributed by atoms with Crippen LogP contribution >= 0.6 is 0 Å². The zero-order valence-corrected chi connectivity index (χ0v) is 9.10. The lowest BCUT2D eigenvalue weighted by atomic mass is 10.3. The minimum atomic E-state index is -0.740. The monoisotopic (exact) mass is 218 g/mol. The molecule has 0 saturated carbocycles. The van der Waals surface area contributed by atoms with Crippen LogP contribution in [0.25, 0.3) is 0 Å². The van der Waals surface area contributed by atoms with Gasteiger partial charge < -0.3 is 20.6 Å². The molecule has 4 N–H and O–H groups in total. The molecule has 0 aliphatic heterocycles. The molecule has 0 amide bonds. The first kappa shape index (κ1) is 14.5. The van der Waals surface area contributed by atoms with Crippen molar-refractivity contribution in [2.75, 3.05) is 45.9 Å². The zero-order chi connectivity index (χ0) is 11.5. The van der Waals surface area contributed by atoms with E-state index >= 15 is 0 Å². The average Bonchev–Trinajstić information content (AvgIpc) is 2.24. The van der Waals surface area contributed by atoms with E-state index in [1.807, 2.05) is 4.90 Å². The van der Waals surface area contributed by atoms with Crippen molar-refractivity contribution in [3.05, 3.63) is 12.7 Å². The van der Waals surface area contributed by atoms with Crippen LogP contribution in [0.1, 0.15) is 0 Å². The Kier molecular flexibility index (Phi) is 9.76. The van der Waals surface area contributed by atoms with E-state index in [4.69, 9.17) is 10.2 Å². The summed E-state index contributed by atoms with van der Waals surface area (Å²) < 4.78 is 0. The van der Waals surface area contributed by atoms with Gasteiger partial charge in [0.2, 0.25) is 0 Å². The Morgan fingerprint density at radius 2 is 2.07 bits per heavy atom. The van der Waals surface area contributed by atoms with Gasteiger partial charge in [-0.2, -0.15) is 0 Å². The molecule has 5 nitrogen and oxygen atoms in total. The molecule has 1 atom stereocenters. The Morgan fingerprint density at radius 1 is 1.33 bits per heavy atom. The molecule has 90 valence electrons. The van der Waals surface area contributed by atoms with E-state index < -0.39 is 6.10 Å². The number of nitrogens with one attached hydrogen (secondary N) is 1. The Labute approximate surface area is 91.0 Å². The molecule has 0 saturated heterocycles. The molecule has 1 unspecified atom stereocenters. The molecule has 0 aromatic heterocycles. The first-order valence-electron chi connectivity index (χ1n) is 5.18. The molecule has 5 heteroatoms. The fourth-order valence-corrected chi connectivity index (χ4v) is 1.23. The van der Waals surface area contributed by atoms with Crippen molar-refractivity contribution in [2.24, 2.45) is 0 Å². The van der Waals surface area contributed by atoms with Crippen molar-refractivity contribution < 1.29 is 15.3 Å². The van der Waals surface area contributed by atoms with Gasteiger partial charge in [-0.3, -0.25) is 4.90 Å². The van der Waals surface area contributed by atoms with Gasteiger partial charge in [0.15, 0.2) is 0 Å². The molecule has 15 heavy (non-hydrogen) atoms. The fraction of sp³-hybridized carbons (Fsp3) is 0.800. The fourth-order valence-electron chi connectivity index (χ4n) is 1.23. The molecular weight excluding hydrogens is 196 g/mol. The number of rotatable bonds is 10. The van der Waals surface area contributed by atoms with E-state index in [1.54, 1.807) is 6.08 Å². The summed E-state index contributed by atoms with van der Waals surface area (Å²) in [6, 6.07) is 0. The number of nitrogens with zero attached hydrogens (tertiary/aromatic N) is 1. The van der Waals surface area contributed by atoms with Gasteiger partial charge in [0.1, 0.15) is 0 Å². The summed E-state index contributed by atoms with van der Waals surface area (Å²) in [6.45, 7) is 6.52. The van der Waals surface area contributed by atoms with E-state index in [1.165, 1.54) is 0 Å². The Balaban J connectivity index is 3.66. The number of aliphatic hydroxyl groups excluding tert-OH is 3. The number of hydrogen-bond donors (Lipinski definition) is 4. The van der Waals surface area contributed by atoms with Crippen LogP contribution in [0.2, 0.25) is 0 Å². The first-order chi connectivity index (χ1) is 7.24. The predicted octanol–water partition coefficient (Wildman–Crippen LogP) is -1.59. The van der Waals surface area contributed by atoms with Crippen molar-refractivity contribution in [3.63, 3.8) is 0 Å². The molecule has 0 aromatic rings. The second kappa shape index (κ2) is 10.1. The maximum Gasteiger partial charge on any atom is 0.0897 e. The van der Waals surface area contributed by atoms with Crippen LogP contribution in [-0.4, -0.2) is 72.3 Å². The highest BCUT2D eigenvalue weighted by Gasteiger charge is 2.09. The smallest absolute Gasteiger partial charge is 0.0897 e. The molecule has 0 radical (unpaired) electrons. The van der Waals surface area contributed by atoms with Gasteiger partial charge >= 0.3 is 0 Å². The third-order valence-electron chi connectivity index (χ3n) is 1.99. The Morgan fingerprint density at radius 3 is 2.60 bits per heavy atom. The number of aliphatic hydroxyl groups is 3. The van der Waals surface area contributed by atoms with Gasteiger partial charge in [-0.15, -0.1) is 6.58 Å². The van der Waals surface area contributed by atoms with Gasteiger partial charge in [-0.1, -0.05) is 6.08 Å². The maximum absolute atomic E-state index is 9.25. The molecule has 0 fully saturated rings. The summed E-state index contributed by atoms with van der Waals surface area (Å²) in [7, 11) is 0. The van der Waals surface area contributed by atoms with Crippen LogP contribution in [-0.2, 0) is 0 Å². The number of hydrogen-bond acceptors (Lipinski definition) is 5. The van der Waals surface area contributed by atoms with Crippen molar-refractivity contribution in [1.29, 1.82) is 0 Å². The van der Waals surface area contributed by atoms with Gasteiger partial charge in [-0.05, 0) is 0 Å². The molecular formula is C10H22N2O3. The van der Waals surface area contributed by atoms with Crippen LogP contribution in [0.4, 0.5) is 0 Å². The molecule has 0 aromatic carbocycles. The Hall–Kier alpha value is -0.460. The lowest BCUT2D eigenvalue weighted by Crippen LogP contribution is -2.40. The SMILES string of the molecule is C=CCNCCN(CCO)CC(O)CO. The van der Waals surface area contributed by atoms with Crippen LogP contribution in [0.5, 0.6) is 0 Å². The lowest BCUT2D eigenvalue weighted by Gasteiger charge is -2.23. The van der Waals surface area contributed by atoms with E-state index in [0.29, 0.717) is 13.1 Å². The molecule has 0 rings (SSSR count). The van der Waals surface area contributed by atoms with E-state index in [2.05, 4.69) is 11.9 Å². The lowest BCUT2D eigenvalue weighted by molar-refractivity contribution is 0.0540. The Bertz CT molecular complexity index is 156. The third-order valence-corrected chi connectivity index (χ3v) is 1.99. The van der Waals surface area contributed by atoms with Crippen LogP contribution in [0.3, 0.4) is 0 Å². The average molecular weight is 218 g/mol. The zero-order valence-electron chi connectivity index (χ0n) is 9.10. The van der Waals surface area contributed by atoms with Gasteiger partial charge in [0.05, 0.1) is 19.3 Å². The molecule has 0 heterocycles. The third kappa shape index (κ3) is 8.53.